The third kappa shape index (κ3) is 4.75. The number of aryl methyl sites for hydroxylation is 2. The molecule has 1 aromatic carbocycles. The van der Waals surface area contributed by atoms with Gasteiger partial charge in [-0.2, -0.15) is 0 Å². The lowest BCUT2D eigenvalue weighted by Gasteiger charge is -2.22. The molecule has 0 fully saturated rings. The molecule has 154 valence electrons. The number of likely N-dealkylation sites (N-methyl/N-ethyl adjacent to an activating group) is 1. The molecule has 2 amide bonds. The summed E-state index contributed by atoms with van der Waals surface area (Å²) in [6.07, 6.45) is 6.08. The Bertz CT molecular complexity index is 858. The Labute approximate surface area is 168 Å². The zero-order valence-corrected chi connectivity index (χ0v) is 17.9. The zero-order chi connectivity index (χ0) is 20.5. The molecule has 1 aromatic rings. The predicted molar refractivity (Wildman–Crippen MR) is 113 cm³/mol. The van der Waals surface area contributed by atoms with Crippen LogP contribution in [0.15, 0.2) is 18.2 Å². The highest BCUT2D eigenvalue weighted by Gasteiger charge is 2.26. The molecule has 6 nitrogen and oxygen atoms in total. The van der Waals surface area contributed by atoms with Crippen molar-refractivity contribution in [2.24, 2.45) is 0 Å². The molecule has 28 heavy (non-hydrogen) atoms. The maximum atomic E-state index is 12.5. The summed E-state index contributed by atoms with van der Waals surface area (Å²) in [7, 11) is -1.87. The van der Waals surface area contributed by atoms with Crippen LogP contribution in [0.1, 0.15) is 48.9 Å². The molecular weight excluding hydrogens is 374 g/mol. The summed E-state index contributed by atoms with van der Waals surface area (Å²) in [6.45, 7) is 8.39. The van der Waals surface area contributed by atoms with Crippen LogP contribution >= 0.6 is 0 Å². The normalized spacial score (nSPS) is 15.6. The summed E-state index contributed by atoms with van der Waals surface area (Å²) in [5, 5.41) is 2.86. The monoisotopic (exact) mass is 405 g/mol. The number of nitrogens with zero attached hydrogens (tertiary/aromatic N) is 1. The van der Waals surface area contributed by atoms with Gasteiger partial charge in [0.05, 0.1) is 5.75 Å². The van der Waals surface area contributed by atoms with Crippen molar-refractivity contribution in [3.05, 3.63) is 40.5 Å². The first-order valence-corrected chi connectivity index (χ1v) is 11.7. The quantitative estimate of drug-likeness (QED) is 0.684. The molecule has 0 atom stereocenters. The Morgan fingerprint density at radius 3 is 2.25 bits per heavy atom. The van der Waals surface area contributed by atoms with E-state index in [4.69, 9.17) is 0 Å². The van der Waals surface area contributed by atoms with Gasteiger partial charge in [0.15, 0.2) is 0 Å². The molecule has 0 unspecified atom stereocenters. The number of carbonyl (C=O) groups is 1. The van der Waals surface area contributed by atoms with E-state index < -0.39 is 16.1 Å². The molecule has 0 radical (unpaired) electrons. The van der Waals surface area contributed by atoms with Gasteiger partial charge in [-0.05, 0) is 87.2 Å². The number of sulfonamides is 1. The lowest BCUT2D eigenvalue weighted by atomic mass is 9.99. The lowest BCUT2D eigenvalue weighted by Crippen LogP contribution is -2.38. The van der Waals surface area contributed by atoms with E-state index in [1.165, 1.54) is 22.3 Å². The van der Waals surface area contributed by atoms with Gasteiger partial charge in [-0.1, -0.05) is 12.6 Å². The van der Waals surface area contributed by atoms with Gasteiger partial charge in [0.1, 0.15) is 0 Å². The molecule has 2 N–H and O–H groups in total. The second-order valence-electron chi connectivity index (χ2n) is 8.31. The van der Waals surface area contributed by atoms with Crippen molar-refractivity contribution in [3.8, 4) is 0 Å². The van der Waals surface area contributed by atoms with E-state index in [1.807, 2.05) is 25.8 Å². The summed E-state index contributed by atoms with van der Waals surface area (Å²) in [5.41, 5.74) is 6.34. The third-order valence-corrected chi connectivity index (χ3v) is 6.99. The number of hydrogen-bond acceptors (Lipinski definition) is 4. The Hall–Kier alpha value is -1.86. The van der Waals surface area contributed by atoms with Crippen molar-refractivity contribution in [3.63, 3.8) is 0 Å². The van der Waals surface area contributed by atoms with E-state index in [0.29, 0.717) is 12.1 Å². The average molecular weight is 406 g/mol. The van der Waals surface area contributed by atoms with Crippen LogP contribution in [0, 0.1) is 0 Å². The first-order chi connectivity index (χ1) is 13.2. The molecular formula is C21H31N3O3S. The summed E-state index contributed by atoms with van der Waals surface area (Å²) < 4.78 is 27.0. The minimum atomic E-state index is -3.79. The van der Waals surface area contributed by atoms with Gasteiger partial charge < -0.3 is 10.2 Å². The second-order valence-corrected chi connectivity index (χ2v) is 10.0. The van der Waals surface area contributed by atoms with E-state index in [0.717, 1.165) is 44.2 Å². The van der Waals surface area contributed by atoms with Crippen LogP contribution in [-0.4, -0.2) is 44.7 Å². The Morgan fingerprint density at radius 2 is 1.71 bits per heavy atom. The number of rotatable bonds is 7. The van der Waals surface area contributed by atoms with Gasteiger partial charge in [-0.25, -0.2) is 17.9 Å². The highest BCUT2D eigenvalue weighted by Crippen LogP contribution is 2.38. The van der Waals surface area contributed by atoms with Crippen molar-refractivity contribution in [1.82, 2.24) is 9.62 Å². The smallest absolute Gasteiger partial charge is 0.307 e. The second kappa shape index (κ2) is 8.25. The molecule has 7 heteroatoms. The van der Waals surface area contributed by atoms with Crippen LogP contribution in [0.25, 0.3) is 0 Å². The van der Waals surface area contributed by atoms with Gasteiger partial charge in [-0.15, -0.1) is 0 Å². The number of amides is 2. The fourth-order valence-corrected chi connectivity index (χ4v) is 5.17. The highest BCUT2D eigenvalue weighted by atomic mass is 32.2. The molecule has 0 bridgehead atoms. The molecule has 0 heterocycles. The molecule has 2 aliphatic rings. The number of fused-ring (bicyclic) bond motifs is 2. The minimum Gasteiger partial charge on any atom is -0.307 e. The maximum Gasteiger partial charge on any atom is 0.332 e. The highest BCUT2D eigenvalue weighted by molar-refractivity contribution is 7.90. The van der Waals surface area contributed by atoms with Gasteiger partial charge >= 0.3 is 6.03 Å². The Morgan fingerprint density at radius 1 is 1.14 bits per heavy atom. The third-order valence-electron chi connectivity index (χ3n) is 5.71. The zero-order valence-electron chi connectivity index (χ0n) is 17.1. The van der Waals surface area contributed by atoms with Crippen LogP contribution in [0.2, 0.25) is 0 Å². The van der Waals surface area contributed by atoms with E-state index in [9.17, 15) is 13.2 Å². The fraction of sp³-hybridized carbons (Fsp3) is 0.571. The summed E-state index contributed by atoms with van der Waals surface area (Å²) in [4.78, 5) is 14.5. The topological polar surface area (TPSA) is 78.5 Å². The minimum absolute atomic E-state index is 0.261. The van der Waals surface area contributed by atoms with Crippen LogP contribution < -0.4 is 10.0 Å². The van der Waals surface area contributed by atoms with Gasteiger partial charge in [0, 0.05) is 18.3 Å². The number of urea groups is 1. The standard InChI is InChI=1S/C21H31N3O3S/c1-14(2)24(4)12-15(3)13-28(26,27)23-21(25)22-20-18-9-5-7-16(18)11-17-8-6-10-19(17)20/h11,14H,3,5-10,12-13H2,1-2,4H3,(H2,22,23,25). The molecule has 0 aromatic heterocycles. The van der Waals surface area contributed by atoms with Gasteiger partial charge in [0.25, 0.3) is 0 Å². The molecule has 3 rings (SSSR count). The molecule has 0 spiro atoms. The van der Waals surface area contributed by atoms with Crippen LogP contribution in [0.4, 0.5) is 10.5 Å². The lowest BCUT2D eigenvalue weighted by molar-refractivity contribution is 0.256. The van der Waals surface area contributed by atoms with Crippen molar-refractivity contribution in [2.45, 2.75) is 58.4 Å². The molecule has 0 aliphatic heterocycles. The SMILES string of the molecule is C=C(CN(C)C(C)C)CS(=O)(=O)NC(=O)Nc1c2c(cc3c1CCC3)CCC2. The average Bonchev–Trinajstić information content (AvgIpc) is 3.21. The number of anilines is 1. The van der Waals surface area contributed by atoms with Crippen LogP contribution in [-0.2, 0) is 35.7 Å². The summed E-state index contributed by atoms with van der Waals surface area (Å²) >= 11 is 0. The molecule has 2 aliphatic carbocycles. The number of hydrogen-bond donors (Lipinski definition) is 2. The summed E-state index contributed by atoms with van der Waals surface area (Å²) in [5.74, 6) is -0.261. The van der Waals surface area contributed by atoms with E-state index in [-0.39, 0.29) is 11.8 Å². The number of benzene rings is 1. The Balaban J connectivity index is 1.67. The first kappa shape index (κ1) is 20.9. The van der Waals surface area contributed by atoms with Crippen LogP contribution in [0.5, 0.6) is 0 Å². The maximum absolute atomic E-state index is 12.5. The summed E-state index contributed by atoms with van der Waals surface area (Å²) in [6, 6.07) is 1.89. The van der Waals surface area contributed by atoms with E-state index in [2.05, 4.69) is 22.7 Å². The number of carbonyl (C=O) groups excluding carboxylic acids is 1. The number of nitrogens with one attached hydrogen (secondary N) is 2. The largest absolute Gasteiger partial charge is 0.332 e. The van der Waals surface area contributed by atoms with Crippen LogP contribution in [0.3, 0.4) is 0 Å². The first-order valence-electron chi connectivity index (χ1n) is 10.0. The van der Waals surface area contributed by atoms with Crippen molar-refractivity contribution in [1.29, 1.82) is 0 Å². The van der Waals surface area contributed by atoms with E-state index in [1.54, 1.807) is 0 Å². The molecule has 0 saturated carbocycles. The Kier molecular flexibility index (Phi) is 6.15. The van der Waals surface area contributed by atoms with E-state index >= 15 is 0 Å². The van der Waals surface area contributed by atoms with Crippen molar-refractivity contribution < 1.29 is 13.2 Å². The van der Waals surface area contributed by atoms with Crippen molar-refractivity contribution >= 4 is 21.7 Å². The molecule has 0 saturated heterocycles. The predicted octanol–water partition coefficient (Wildman–Crippen LogP) is 3.01. The van der Waals surface area contributed by atoms with Gasteiger partial charge in [0.2, 0.25) is 10.0 Å². The van der Waals surface area contributed by atoms with Gasteiger partial charge in [-0.3, -0.25) is 0 Å². The van der Waals surface area contributed by atoms with Crippen molar-refractivity contribution in [2.75, 3.05) is 24.7 Å². The fourth-order valence-electron chi connectivity index (χ4n) is 4.13.